The minimum Gasteiger partial charge on any atom is -0.335 e. The van der Waals surface area contributed by atoms with Gasteiger partial charge in [-0.2, -0.15) is 5.10 Å². The minimum atomic E-state index is 0.521. The third kappa shape index (κ3) is 3.16. The highest BCUT2D eigenvalue weighted by Gasteiger charge is 2.22. The fraction of sp³-hybridized carbons (Fsp3) is 0.261. The first-order valence-corrected chi connectivity index (χ1v) is 10.5. The van der Waals surface area contributed by atoms with Crippen LogP contribution in [0.15, 0.2) is 49.1 Å². The van der Waals surface area contributed by atoms with E-state index in [1.54, 1.807) is 6.20 Å². The van der Waals surface area contributed by atoms with Gasteiger partial charge in [0.15, 0.2) is 17.1 Å². The number of nitrogens with one attached hydrogen (secondary N) is 2. The van der Waals surface area contributed by atoms with Crippen LogP contribution in [0.5, 0.6) is 0 Å². The van der Waals surface area contributed by atoms with Crippen molar-refractivity contribution >= 4 is 22.2 Å². The Kier molecular flexibility index (Phi) is 4.24. The van der Waals surface area contributed by atoms with E-state index < -0.39 is 0 Å². The largest absolute Gasteiger partial charge is 0.335 e. The Balaban J connectivity index is 1.44. The van der Waals surface area contributed by atoms with E-state index in [2.05, 4.69) is 54.2 Å². The van der Waals surface area contributed by atoms with Crippen molar-refractivity contribution in [2.24, 2.45) is 0 Å². The number of likely N-dealkylation sites (tertiary alicyclic amines) is 1. The van der Waals surface area contributed by atoms with E-state index in [4.69, 9.17) is 4.98 Å². The van der Waals surface area contributed by atoms with Gasteiger partial charge in [0.1, 0.15) is 5.69 Å². The molecule has 0 spiro atoms. The van der Waals surface area contributed by atoms with Crippen molar-refractivity contribution < 1.29 is 0 Å². The highest BCUT2D eigenvalue weighted by atomic mass is 15.2. The fourth-order valence-electron chi connectivity index (χ4n) is 4.48. The Bertz CT molecular complexity index is 1360. The van der Waals surface area contributed by atoms with Crippen molar-refractivity contribution in [3.05, 3.63) is 54.6 Å². The molecule has 0 radical (unpaired) electrons. The number of pyridine rings is 3. The van der Waals surface area contributed by atoms with E-state index >= 15 is 0 Å². The van der Waals surface area contributed by atoms with E-state index in [1.165, 1.54) is 5.56 Å². The summed E-state index contributed by atoms with van der Waals surface area (Å²) in [5.74, 6) is 1.25. The highest BCUT2D eigenvalue weighted by Crippen LogP contribution is 2.33. The molecule has 8 heteroatoms. The van der Waals surface area contributed by atoms with E-state index in [0.717, 1.165) is 65.1 Å². The van der Waals surface area contributed by atoms with Crippen molar-refractivity contribution in [3.63, 3.8) is 0 Å². The summed E-state index contributed by atoms with van der Waals surface area (Å²) < 4.78 is 0. The lowest BCUT2D eigenvalue weighted by molar-refractivity contribution is 0.256. The fourth-order valence-corrected chi connectivity index (χ4v) is 4.48. The highest BCUT2D eigenvalue weighted by molar-refractivity contribution is 5.93. The summed E-state index contributed by atoms with van der Waals surface area (Å²) in [6, 6.07) is 8.16. The minimum absolute atomic E-state index is 0.521. The van der Waals surface area contributed by atoms with E-state index in [0.29, 0.717) is 11.6 Å². The quantitative estimate of drug-likeness (QED) is 0.470. The van der Waals surface area contributed by atoms with Gasteiger partial charge in [-0.05, 0) is 62.7 Å². The molecule has 0 bridgehead atoms. The van der Waals surface area contributed by atoms with Crippen LogP contribution in [-0.2, 0) is 0 Å². The number of hydrogen-bond donors (Lipinski definition) is 2. The van der Waals surface area contributed by atoms with Gasteiger partial charge in [-0.25, -0.2) is 15.0 Å². The molecule has 2 N–H and O–H groups in total. The zero-order valence-electron chi connectivity index (χ0n) is 17.2. The molecule has 1 aliphatic heterocycles. The van der Waals surface area contributed by atoms with Crippen LogP contribution in [0.2, 0.25) is 0 Å². The predicted octanol–water partition coefficient (Wildman–Crippen LogP) is 3.77. The lowest BCUT2D eigenvalue weighted by atomic mass is 9.89. The van der Waals surface area contributed by atoms with Gasteiger partial charge in [-0.15, -0.1) is 0 Å². The summed E-state index contributed by atoms with van der Waals surface area (Å²) >= 11 is 0. The van der Waals surface area contributed by atoms with Gasteiger partial charge in [0.05, 0.1) is 10.9 Å². The second-order valence-electron chi connectivity index (χ2n) is 8.20. The Labute approximate surface area is 178 Å². The topological polar surface area (TPSA) is 99.3 Å². The van der Waals surface area contributed by atoms with Crippen molar-refractivity contribution in [3.8, 4) is 22.6 Å². The van der Waals surface area contributed by atoms with E-state index in [9.17, 15) is 0 Å². The number of aromatic amines is 2. The van der Waals surface area contributed by atoms with Crippen LogP contribution in [0, 0.1) is 0 Å². The van der Waals surface area contributed by atoms with Crippen LogP contribution in [0.1, 0.15) is 24.3 Å². The zero-order valence-corrected chi connectivity index (χ0v) is 17.2. The molecule has 0 aromatic carbocycles. The maximum Gasteiger partial charge on any atom is 0.181 e. The summed E-state index contributed by atoms with van der Waals surface area (Å²) in [5, 5.41) is 8.42. The SMILES string of the molecule is CN1CCC(c2ccnc3nc(-c4[nH]nc5ncc(-c6cccnc6)cc45)[nH]c23)CC1. The number of imidazole rings is 1. The second kappa shape index (κ2) is 7.24. The standard InChI is InChI=1S/C23H22N8/c1-31-9-5-14(6-10-31)17-4-8-25-22-19(17)27-23(28-22)20-18-11-16(13-26-21(18)30-29-20)15-3-2-7-24-12-15/h2-4,7-8,11-14H,5-6,9-10H2,1H3,(H,25,27,28)(H,26,29,30). The van der Waals surface area contributed by atoms with Crippen molar-refractivity contribution in [2.75, 3.05) is 20.1 Å². The Hall–Kier alpha value is -3.65. The number of nitrogens with zero attached hydrogens (tertiary/aromatic N) is 6. The first kappa shape index (κ1) is 18.1. The summed E-state index contributed by atoms with van der Waals surface area (Å²) in [7, 11) is 2.18. The molecule has 1 saturated heterocycles. The van der Waals surface area contributed by atoms with Gasteiger partial charge >= 0.3 is 0 Å². The summed E-state index contributed by atoms with van der Waals surface area (Å²) in [5.41, 5.74) is 6.54. The molecular formula is C23H22N8. The number of H-pyrrole nitrogens is 2. The molecule has 0 unspecified atom stereocenters. The van der Waals surface area contributed by atoms with Gasteiger partial charge in [0, 0.05) is 35.9 Å². The van der Waals surface area contributed by atoms with E-state index in [-0.39, 0.29) is 0 Å². The summed E-state index contributed by atoms with van der Waals surface area (Å²) in [4.78, 5) is 24.0. The lowest BCUT2D eigenvalue weighted by Gasteiger charge is -2.29. The molecule has 8 nitrogen and oxygen atoms in total. The monoisotopic (exact) mass is 410 g/mol. The molecular weight excluding hydrogens is 388 g/mol. The average molecular weight is 410 g/mol. The molecule has 0 aliphatic carbocycles. The first-order valence-electron chi connectivity index (χ1n) is 10.5. The molecule has 5 aromatic rings. The van der Waals surface area contributed by atoms with Crippen LogP contribution in [0.25, 0.3) is 44.8 Å². The van der Waals surface area contributed by atoms with Crippen LogP contribution < -0.4 is 0 Å². The molecule has 5 aromatic heterocycles. The zero-order chi connectivity index (χ0) is 20.8. The molecule has 154 valence electrons. The number of rotatable bonds is 3. The molecule has 1 fully saturated rings. The number of hydrogen-bond acceptors (Lipinski definition) is 6. The normalized spacial score (nSPS) is 15.8. The lowest BCUT2D eigenvalue weighted by Crippen LogP contribution is -2.29. The van der Waals surface area contributed by atoms with Gasteiger partial charge in [0.2, 0.25) is 0 Å². The van der Waals surface area contributed by atoms with Gasteiger partial charge in [0.25, 0.3) is 0 Å². The smallest absolute Gasteiger partial charge is 0.181 e. The van der Waals surface area contributed by atoms with Crippen molar-refractivity contribution in [2.45, 2.75) is 18.8 Å². The molecule has 6 rings (SSSR count). The number of piperidine rings is 1. The van der Waals surface area contributed by atoms with Gasteiger partial charge < -0.3 is 9.88 Å². The molecule has 0 amide bonds. The number of fused-ring (bicyclic) bond motifs is 2. The predicted molar refractivity (Wildman–Crippen MR) is 119 cm³/mol. The number of aromatic nitrogens is 7. The molecule has 31 heavy (non-hydrogen) atoms. The van der Waals surface area contributed by atoms with E-state index in [1.807, 2.05) is 30.7 Å². The van der Waals surface area contributed by atoms with Gasteiger partial charge in [-0.1, -0.05) is 6.07 Å². The van der Waals surface area contributed by atoms with Crippen molar-refractivity contribution in [1.29, 1.82) is 0 Å². The summed E-state index contributed by atoms with van der Waals surface area (Å²) in [6.07, 6.45) is 9.59. The van der Waals surface area contributed by atoms with Crippen LogP contribution in [0.4, 0.5) is 0 Å². The van der Waals surface area contributed by atoms with Crippen LogP contribution >= 0.6 is 0 Å². The molecule has 6 heterocycles. The Morgan fingerprint density at radius 3 is 2.74 bits per heavy atom. The second-order valence-corrected chi connectivity index (χ2v) is 8.20. The molecule has 0 saturated carbocycles. The Morgan fingerprint density at radius 1 is 1.00 bits per heavy atom. The maximum absolute atomic E-state index is 4.79. The first-order chi connectivity index (χ1) is 15.3. The molecule has 0 atom stereocenters. The Morgan fingerprint density at radius 2 is 1.90 bits per heavy atom. The third-order valence-electron chi connectivity index (χ3n) is 6.22. The molecule has 1 aliphatic rings. The van der Waals surface area contributed by atoms with Crippen LogP contribution in [0.3, 0.4) is 0 Å². The van der Waals surface area contributed by atoms with Gasteiger partial charge in [-0.3, -0.25) is 10.1 Å². The maximum atomic E-state index is 4.79. The summed E-state index contributed by atoms with van der Waals surface area (Å²) in [6.45, 7) is 2.23. The average Bonchev–Trinajstić information content (AvgIpc) is 3.43. The third-order valence-corrected chi connectivity index (χ3v) is 6.22. The van der Waals surface area contributed by atoms with Crippen LogP contribution in [-0.4, -0.2) is 60.2 Å². The van der Waals surface area contributed by atoms with Crippen molar-refractivity contribution in [1.82, 2.24) is 40.0 Å².